The van der Waals surface area contributed by atoms with Gasteiger partial charge in [-0.05, 0) is 48.0 Å². The van der Waals surface area contributed by atoms with E-state index in [0.717, 1.165) is 0 Å². The number of carbonyl (C=O) groups excluding carboxylic acids is 2. The number of nitrogens with one attached hydrogen (secondary N) is 1. The molecule has 9 heteroatoms. The van der Waals surface area contributed by atoms with Gasteiger partial charge in [-0.25, -0.2) is 0 Å². The Morgan fingerprint density at radius 3 is 2.48 bits per heavy atom. The minimum absolute atomic E-state index is 0.107. The van der Waals surface area contributed by atoms with Crippen LogP contribution in [0.15, 0.2) is 48.5 Å². The summed E-state index contributed by atoms with van der Waals surface area (Å²) < 4.78 is 34.1. The van der Waals surface area contributed by atoms with Gasteiger partial charge in [-0.2, -0.15) is 8.78 Å². The molecule has 0 saturated heterocycles. The van der Waals surface area contributed by atoms with Gasteiger partial charge in [0.25, 0.3) is 0 Å². The molecule has 0 radical (unpaired) electrons. The number of anilines is 1. The second-order valence-electron chi connectivity index (χ2n) is 5.87. The van der Waals surface area contributed by atoms with Gasteiger partial charge in [-0.1, -0.05) is 17.7 Å². The number of hydrogen-bond acceptors (Lipinski definition) is 4. The quantitative estimate of drug-likeness (QED) is 0.649. The van der Waals surface area contributed by atoms with Crippen LogP contribution in [0, 0.1) is 0 Å². The molecule has 0 aliphatic carbocycles. The molecule has 2 aromatic carbocycles. The predicted molar refractivity (Wildman–Crippen MR) is 106 cm³/mol. The highest BCUT2D eigenvalue weighted by molar-refractivity contribution is 6.30. The molecule has 0 aliphatic heterocycles. The third-order valence-corrected chi connectivity index (χ3v) is 3.96. The maximum Gasteiger partial charge on any atom is 0.387 e. The lowest BCUT2D eigenvalue weighted by Gasteiger charge is -2.15. The summed E-state index contributed by atoms with van der Waals surface area (Å²) in [5.41, 5.74) is 1.10. The third-order valence-electron chi connectivity index (χ3n) is 3.71. The van der Waals surface area contributed by atoms with E-state index in [1.54, 1.807) is 24.3 Å². The van der Waals surface area contributed by atoms with Gasteiger partial charge in [0.05, 0.1) is 13.7 Å². The van der Waals surface area contributed by atoms with Crippen molar-refractivity contribution in [2.75, 3.05) is 26.0 Å². The van der Waals surface area contributed by atoms with Crippen LogP contribution in [-0.4, -0.2) is 44.0 Å². The number of likely N-dealkylation sites (N-methyl/N-ethyl adjacent to an activating group) is 1. The van der Waals surface area contributed by atoms with Gasteiger partial charge in [0.1, 0.15) is 0 Å². The number of hydrogen-bond donors (Lipinski definition) is 1. The van der Waals surface area contributed by atoms with Gasteiger partial charge in [-0.15, -0.1) is 0 Å². The zero-order chi connectivity index (χ0) is 21.4. The molecule has 2 amide bonds. The lowest BCUT2D eigenvalue weighted by molar-refractivity contribution is -0.129. The van der Waals surface area contributed by atoms with Crippen molar-refractivity contribution in [1.82, 2.24) is 4.90 Å². The van der Waals surface area contributed by atoms with E-state index >= 15 is 0 Å². The molecule has 0 spiro atoms. The number of methoxy groups -OCH3 is 1. The van der Waals surface area contributed by atoms with Gasteiger partial charge in [0, 0.05) is 23.8 Å². The van der Waals surface area contributed by atoms with E-state index in [9.17, 15) is 18.4 Å². The maximum absolute atomic E-state index is 12.4. The number of amides is 2. The van der Waals surface area contributed by atoms with Crippen molar-refractivity contribution in [2.45, 2.75) is 6.61 Å². The Bertz CT molecular complexity index is 889. The zero-order valence-electron chi connectivity index (χ0n) is 15.7. The first-order chi connectivity index (χ1) is 13.8. The van der Waals surface area contributed by atoms with Gasteiger partial charge >= 0.3 is 6.61 Å². The largest absolute Gasteiger partial charge is 0.493 e. The molecule has 0 fully saturated rings. The first-order valence-corrected chi connectivity index (χ1v) is 8.77. The number of ether oxygens (including phenoxy) is 2. The fraction of sp³-hybridized carbons (Fsp3) is 0.200. The summed E-state index contributed by atoms with van der Waals surface area (Å²) in [7, 11) is 2.80. The summed E-state index contributed by atoms with van der Waals surface area (Å²) in [6, 6.07) is 10.8. The van der Waals surface area contributed by atoms with Crippen LogP contribution >= 0.6 is 11.6 Å². The van der Waals surface area contributed by atoms with Crippen LogP contribution in [0.5, 0.6) is 11.5 Å². The number of nitrogens with zero attached hydrogens (tertiary/aromatic N) is 1. The van der Waals surface area contributed by atoms with E-state index < -0.39 is 12.5 Å². The fourth-order valence-corrected chi connectivity index (χ4v) is 2.43. The second-order valence-corrected chi connectivity index (χ2v) is 6.31. The Hall–Kier alpha value is -3.13. The van der Waals surface area contributed by atoms with E-state index in [4.69, 9.17) is 16.3 Å². The Labute approximate surface area is 171 Å². The third kappa shape index (κ3) is 7.08. The minimum Gasteiger partial charge on any atom is -0.493 e. The first kappa shape index (κ1) is 22.2. The smallest absolute Gasteiger partial charge is 0.387 e. The highest BCUT2D eigenvalue weighted by atomic mass is 35.5. The molecule has 0 aromatic heterocycles. The van der Waals surface area contributed by atoms with Crippen molar-refractivity contribution >= 4 is 35.2 Å². The van der Waals surface area contributed by atoms with E-state index in [-0.39, 0.29) is 24.0 Å². The Morgan fingerprint density at radius 1 is 1.17 bits per heavy atom. The molecule has 154 valence electrons. The summed E-state index contributed by atoms with van der Waals surface area (Å²) in [6.45, 7) is -3.13. The molecular weight excluding hydrogens is 406 g/mol. The highest BCUT2D eigenvalue weighted by Crippen LogP contribution is 2.29. The van der Waals surface area contributed by atoms with Crippen LogP contribution in [-0.2, 0) is 9.59 Å². The molecule has 0 heterocycles. The zero-order valence-corrected chi connectivity index (χ0v) is 16.5. The molecule has 6 nitrogen and oxygen atoms in total. The van der Waals surface area contributed by atoms with Crippen LogP contribution in [0.25, 0.3) is 6.08 Å². The molecule has 0 atom stereocenters. The Kier molecular flexibility index (Phi) is 7.97. The molecule has 0 unspecified atom stereocenters. The molecule has 0 aliphatic rings. The lowest BCUT2D eigenvalue weighted by Crippen LogP contribution is -2.33. The molecule has 29 heavy (non-hydrogen) atoms. The number of halogens is 3. The first-order valence-electron chi connectivity index (χ1n) is 8.40. The average molecular weight is 425 g/mol. The van der Waals surface area contributed by atoms with Gasteiger partial charge in [-0.3, -0.25) is 9.59 Å². The van der Waals surface area contributed by atoms with Crippen molar-refractivity contribution in [3.63, 3.8) is 0 Å². The van der Waals surface area contributed by atoms with Gasteiger partial charge in [0.2, 0.25) is 11.8 Å². The SMILES string of the molecule is COc1cc(/C=C/C(=O)N(C)CC(=O)Nc2ccc(Cl)cc2)ccc1OC(F)F. The minimum atomic E-state index is -2.97. The van der Waals surface area contributed by atoms with Crippen LogP contribution < -0.4 is 14.8 Å². The predicted octanol–water partition coefficient (Wildman–Crippen LogP) is 4.06. The number of benzene rings is 2. The fourth-order valence-electron chi connectivity index (χ4n) is 2.30. The molecule has 0 bridgehead atoms. The molecule has 0 saturated carbocycles. The van der Waals surface area contributed by atoms with Crippen LogP contribution in [0.2, 0.25) is 5.02 Å². The molecular formula is C20H19ClF2N2O4. The maximum atomic E-state index is 12.4. The Balaban J connectivity index is 1.95. The average Bonchev–Trinajstić information content (AvgIpc) is 2.68. The monoisotopic (exact) mass is 424 g/mol. The number of rotatable bonds is 8. The van der Waals surface area contributed by atoms with E-state index in [1.807, 2.05) is 0 Å². The van der Waals surface area contributed by atoms with Crippen molar-refractivity contribution in [1.29, 1.82) is 0 Å². The second kappa shape index (κ2) is 10.4. The van der Waals surface area contributed by atoms with E-state index in [2.05, 4.69) is 10.1 Å². The number of carbonyl (C=O) groups is 2. The highest BCUT2D eigenvalue weighted by Gasteiger charge is 2.12. The molecule has 2 rings (SSSR count). The van der Waals surface area contributed by atoms with Crippen molar-refractivity contribution in [2.24, 2.45) is 0 Å². The summed E-state index contributed by atoms with van der Waals surface area (Å²) in [6.07, 6.45) is 2.74. The summed E-state index contributed by atoms with van der Waals surface area (Å²) in [5.74, 6) is -0.785. The molecule has 1 N–H and O–H groups in total. The lowest BCUT2D eigenvalue weighted by atomic mass is 10.2. The van der Waals surface area contributed by atoms with Crippen molar-refractivity contribution in [3.8, 4) is 11.5 Å². The summed E-state index contributed by atoms with van der Waals surface area (Å²) in [5, 5.41) is 3.21. The van der Waals surface area contributed by atoms with Gasteiger partial charge < -0.3 is 19.7 Å². The van der Waals surface area contributed by atoms with Crippen LogP contribution in [0.1, 0.15) is 5.56 Å². The normalized spacial score (nSPS) is 10.8. The van der Waals surface area contributed by atoms with Crippen LogP contribution in [0.3, 0.4) is 0 Å². The Morgan fingerprint density at radius 2 is 1.86 bits per heavy atom. The number of alkyl halides is 2. The summed E-state index contributed by atoms with van der Waals surface area (Å²) >= 11 is 5.79. The van der Waals surface area contributed by atoms with E-state index in [1.165, 1.54) is 49.4 Å². The molecule has 2 aromatic rings. The van der Waals surface area contributed by atoms with Gasteiger partial charge in [0.15, 0.2) is 11.5 Å². The van der Waals surface area contributed by atoms with Crippen molar-refractivity contribution < 1.29 is 27.8 Å². The van der Waals surface area contributed by atoms with Crippen LogP contribution in [0.4, 0.5) is 14.5 Å². The standard InChI is InChI=1S/C20H19ClF2N2O4/c1-25(12-18(26)24-15-7-5-14(21)6-8-15)19(27)10-4-13-3-9-16(29-20(22)23)17(11-13)28-2/h3-11,20H,12H2,1-2H3,(H,24,26)/b10-4+. The van der Waals surface area contributed by atoms with Crippen molar-refractivity contribution in [3.05, 3.63) is 59.1 Å². The topological polar surface area (TPSA) is 67.9 Å². The van der Waals surface area contributed by atoms with E-state index in [0.29, 0.717) is 16.3 Å². The summed E-state index contributed by atoms with van der Waals surface area (Å²) in [4.78, 5) is 25.5.